The van der Waals surface area contributed by atoms with Crippen molar-refractivity contribution in [3.8, 4) is 16.9 Å². The van der Waals surface area contributed by atoms with E-state index in [2.05, 4.69) is 0 Å². The van der Waals surface area contributed by atoms with Crippen LogP contribution in [-0.4, -0.2) is 9.49 Å². The number of para-hydroxylation sites is 2. The molecule has 0 N–H and O–H groups in total. The van der Waals surface area contributed by atoms with E-state index in [-0.39, 0.29) is 10.6 Å². The first-order valence-corrected chi connectivity index (χ1v) is 9.21. The molecule has 1 heterocycles. The number of nitro groups is 1. The van der Waals surface area contributed by atoms with Gasteiger partial charge in [-0.05, 0) is 24.3 Å². The summed E-state index contributed by atoms with van der Waals surface area (Å²) in [6.45, 7) is 0. The van der Waals surface area contributed by atoms with Gasteiger partial charge in [-0.2, -0.15) is 0 Å². The molecular formula is C21H15N3O2S. The van der Waals surface area contributed by atoms with Crippen molar-refractivity contribution < 1.29 is 4.92 Å². The lowest BCUT2D eigenvalue weighted by Gasteiger charge is -2.09. The fourth-order valence-corrected chi connectivity index (χ4v) is 3.73. The Labute approximate surface area is 159 Å². The van der Waals surface area contributed by atoms with E-state index in [1.165, 1.54) is 17.4 Å². The maximum absolute atomic E-state index is 11.2. The van der Waals surface area contributed by atoms with Gasteiger partial charge in [0.15, 0.2) is 4.80 Å². The Hall–Kier alpha value is -3.51. The lowest BCUT2D eigenvalue weighted by atomic mass is 10.1. The zero-order valence-electron chi connectivity index (χ0n) is 14.2. The number of nitro benzene ring substituents is 1. The van der Waals surface area contributed by atoms with Crippen LogP contribution < -0.4 is 4.80 Å². The van der Waals surface area contributed by atoms with Crippen LogP contribution in [0.3, 0.4) is 0 Å². The maximum Gasteiger partial charge on any atom is 0.270 e. The van der Waals surface area contributed by atoms with E-state index < -0.39 is 0 Å². The monoisotopic (exact) mass is 373 g/mol. The second kappa shape index (κ2) is 7.39. The second-order valence-electron chi connectivity index (χ2n) is 5.83. The zero-order chi connectivity index (χ0) is 18.6. The van der Waals surface area contributed by atoms with Gasteiger partial charge in [0.05, 0.1) is 16.3 Å². The summed E-state index contributed by atoms with van der Waals surface area (Å²) in [5.41, 5.74) is 3.52. The van der Waals surface area contributed by atoms with Gasteiger partial charge in [0, 0.05) is 28.8 Å². The number of aromatic nitrogens is 1. The Kier molecular flexibility index (Phi) is 4.63. The molecule has 0 saturated carbocycles. The van der Waals surface area contributed by atoms with Crippen LogP contribution in [0.4, 0.5) is 11.4 Å². The fraction of sp³-hybridized carbons (Fsp3) is 0. The molecule has 6 heteroatoms. The van der Waals surface area contributed by atoms with E-state index in [0.717, 1.165) is 27.4 Å². The van der Waals surface area contributed by atoms with Crippen LogP contribution in [0.2, 0.25) is 0 Å². The molecule has 5 nitrogen and oxygen atoms in total. The van der Waals surface area contributed by atoms with Gasteiger partial charge in [-0.3, -0.25) is 14.7 Å². The molecule has 1 aromatic heterocycles. The molecule has 4 rings (SSSR count). The van der Waals surface area contributed by atoms with Crippen molar-refractivity contribution in [3.63, 3.8) is 0 Å². The minimum absolute atomic E-state index is 0.0693. The van der Waals surface area contributed by atoms with E-state index in [9.17, 15) is 10.1 Å². The molecule has 0 aliphatic heterocycles. The normalized spacial score (nSPS) is 11.5. The van der Waals surface area contributed by atoms with Gasteiger partial charge in [0.1, 0.15) is 0 Å². The molecular weight excluding hydrogens is 358 g/mol. The summed E-state index contributed by atoms with van der Waals surface area (Å²) in [4.78, 5) is 16.4. The summed E-state index contributed by atoms with van der Waals surface area (Å²) in [6.07, 6.45) is 0. The Morgan fingerprint density at radius 2 is 1.59 bits per heavy atom. The summed E-state index contributed by atoms with van der Waals surface area (Å²) in [6, 6.07) is 26.3. The Morgan fingerprint density at radius 3 is 2.30 bits per heavy atom. The zero-order valence-corrected chi connectivity index (χ0v) is 15.0. The molecule has 0 fully saturated rings. The van der Waals surface area contributed by atoms with E-state index in [4.69, 9.17) is 4.99 Å². The van der Waals surface area contributed by atoms with Crippen molar-refractivity contribution in [1.29, 1.82) is 0 Å². The summed E-state index contributed by atoms with van der Waals surface area (Å²) < 4.78 is 2.02. The van der Waals surface area contributed by atoms with Gasteiger partial charge >= 0.3 is 0 Å². The average molecular weight is 373 g/mol. The molecule has 0 aliphatic carbocycles. The minimum Gasteiger partial charge on any atom is -0.285 e. The standard InChI is InChI=1S/C21H15N3O2S/c25-24(26)19-13-7-8-16(14-19)20-15-27-21(22-17-9-3-1-4-10-17)23(20)18-11-5-2-6-12-18/h1-15H. The SMILES string of the molecule is O=[N+]([O-])c1cccc(-c2csc(=Nc3ccccc3)n2-c2ccccc2)c1. The smallest absolute Gasteiger partial charge is 0.270 e. The number of hydrogen-bond donors (Lipinski definition) is 0. The van der Waals surface area contributed by atoms with Gasteiger partial charge in [-0.25, -0.2) is 4.99 Å². The molecule has 0 aliphatic rings. The highest BCUT2D eigenvalue weighted by molar-refractivity contribution is 7.07. The quantitative estimate of drug-likeness (QED) is 0.358. The largest absolute Gasteiger partial charge is 0.285 e. The lowest BCUT2D eigenvalue weighted by molar-refractivity contribution is -0.384. The van der Waals surface area contributed by atoms with Crippen molar-refractivity contribution in [3.05, 3.63) is 105 Å². The first-order valence-electron chi connectivity index (χ1n) is 8.33. The van der Waals surface area contributed by atoms with Crippen molar-refractivity contribution in [2.75, 3.05) is 0 Å². The summed E-state index contributed by atoms with van der Waals surface area (Å²) in [7, 11) is 0. The molecule has 0 bridgehead atoms. The minimum atomic E-state index is -0.377. The van der Waals surface area contributed by atoms with Crippen molar-refractivity contribution in [2.45, 2.75) is 0 Å². The highest BCUT2D eigenvalue weighted by Gasteiger charge is 2.13. The van der Waals surface area contributed by atoms with Gasteiger partial charge in [0.2, 0.25) is 0 Å². The van der Waals surface area contributed by atoms with Gasteiger partial charge in [0.25, 0.3) is 5.69 Å². The third-order valence-electron chi connectivity index (χ3n) is 4.06. The van der Waals surface area contributed by atoms with Crippen LogP contribution in [-0.2, 0) is 0 Å². The number of thiazole rings is 1. The molecule has 0 spiro atoms. The Morgan fingerprint density at radius 1 is 0.889 bits per heavy atom. The Balaban J connectivity index is 1.95. The third kappa shape index (κ3) is 3.56. The van der Waals surface area contributed by atoms with Gasteiger partial charge < -0.3 is 0 Å². The third-order valence-corrected chi connectivity index (χ3v) is 4.88. The molecule has 4 aromatic rings. The number of rotatable bonds is 4. The summed E-state index contributed by atoms with van der Waals surface area (Å²) in [5.74, 6) is 0. The predicted octanol–water partition coefficient (Wildman–Crippen LogP) is 5.35. The van der Waals surface area contributed by atoms with E-state index in [1.54, 1.807) is 12.1 Å². The van der Waals surface area contributed by atoms with Crippen molar-refractivity contribution in [2.24, 2.45) is 4.99 Å². The maximum atomic E-state index is 11.2. The molecule has 0 amide bonds. The number of hydrogen-bond acceptors (Lipinski definition) is 4. The van der Waals surface area contributed by atoms with Crippen molar-refractivity contribution >= 4 is 22.7 Å². The number of nitrogens with zero attached hydrogens (tertiary/aromatic N) is 3. The fourth-order valence-electron chi connectivity index (χ4n) is 2.81. The Bertz CT molecular complexity index is 1150. The highest BCUT2D eigenvalue weighted by Crippen LogP contribution is 2.27. The number of non-ortho nitro benzene ring substituents is 1. The summed E-state index contributed by atoms with van der Waals surface area (Å²) >= 11 is 1.50. The van der Waals surface area contributed by atoms with Crippen LogP contribution in [0.1, 0.15) is 0 Å². The molecule has 0 atom stereocenters. The van der Waals surface area contributed by atoms with Crippen LogP contribution >= 0.6 is 11.3 Å². The second-order valence-corrected chi connectivity index (χ2v) is 6.67. The molecule has 0 unspecified atom stereocenters. The first-order chi connectivity index (χ1) is 13.2. The molecule has 0 saturated heterocycles. The number of benzene rings is 3. The molecule has 132 valence electrons. The molecule has 27 heavy (non-hydrogen) atoms. The highest BCUT2D eigenvalue weighted by atomic mass is 32.1. The average Bonchev–Trinajstić information content (AvgIpc) is 3.13. The van der Waals surface area contributed by atoms with E-state index >= 15 is 0 Å². The van der Waals surface area contributed by atoms with E-state index in [1.807, 2.05) is 76.7 Å². The van der Waals surface area contributed by atoms with Gasteiger partial charge in [-0.15, -0.1) is 11.3 Å². The molecule has 0 radical (unpaired) electrons. The van der Waals surface area contributed by atoms with Crippen LogP contribution in [0.5, 0.6) is 0 Å². The van der Waals surface area contributed by atoms with Crippen molar-refractivity contribution in [1.82, 2.24) is 4.57 Å². The lowest BCUT2D eigenvalue weighted by Crippen LogP contribution is -2.13. The first kappa shape index (κ1) is 16.9. The van der Waals surface area contributed by atoms with E-state index in [0.29, 0.717) is 0 Å². The molecule has 3 aromatic carbocycles. The van der Waals surface area contributed by atoms with Crippen LogP contribution in [0, 0.1) is 10.1 Å². The van der Waals surface area contributed by atoms with Crippen LogP contribution in [0.15, 0.2) is 95.3 Å². The topological polar surface area (TPSA) is 60.4 Å². The van der Waals surface area contributed by atoms with Gasteiger partial charge in [-0.1, -0.05) is 48.5 Å². The summed E-state index contributed by atoms with van der Waals surface area (Å²) in [5, 5.41) is 13.1. The predicted molar refractivity (Wildman–Crippen MR) is 107 cm³/mol. The van der Waals surface area contributed by atoms with Crippen LogP contribution in [0.25, 0.3) is 16.9 Å².